The average molecular weight is 308 g/mol. The van der Waals surface area contributed by atoms with Gasteiger partial charge in [0.2, 0.25) is 5.91 Å². The van der Waals surface area contributed by atoms with E-state index in [4.69, 9.17) is 0 Å². The largest absolute Gasteiger partial charge is 0.396 e. The third kappa shape index (κ3) is 4.27. The van der Waals surface area contributed by atoms with Gasteiger partial charge < -0.3 is 10.4 Å². The first-order chi connectivity index (χ1) is 10.4. The molecule has 0 spiro atoms. The maximum atomic E-state index is 12.8. The minimum atomic E-state index is -0.278. The monoisotopic (exact) mass is 308 g/mol. The number of halogens is 1. The number of aliphatic hydroxyl groups excluding tert-OH is 1. The summed E-state index contributed by atoms with van der Waals surface area (Å²) in [5, 5.41) is 12.4. The van der Waals surface area contributed by atoms with Crippen molar-refractivity contribution < 1.29 is 14.3 Å². The fourth-order valence-electron chi connectivity index (χ4n) is 2.92. The molecule has 2 unspecified atom stereocenters. The van der Waals surface area contributed by atoms with E-state index < -0.39 is 0 Å². The summed E-state index contributed by atoms with van der Waals surface area (Å²) in [4.78, 5) is 14.4. The number of amides is 1. The zero-order chi connectivity index (χ0) is 16.2. The average Bonchev–Trinajstić information content (AvgIpc) is 2.53. The van der Waals surface area contributed by atoms with Crippen LogP contribution in [0.2, 0.25) is 0 Å². The van der Waals surface area contributed by atoms with Crippen molar-refractivity contribution in [1.29, 1.82) is 0 Å². The van der Waals surface area contributed by atoms with Crippen LogP contribution in [0.15, 0.2) is 24.3 Å². The zero-order valence-electron chi connectivity index (χ0n) is 13.3. The minimum Gasteiger partial charge on any atom is -0.396 e. The Bertz CT molecular complexity index is 506. The van der Waals surface area contributed by atoms with Gasteiger partial charge in [-0.15, -0.1) is 0 Å². The van der Waals surface area contributed by atoms with Crippen LogP contribution in [0.3, 0.4) is 0 Å². The number of rotatable bonds is 5. The number of carbonyl (C=O) groups is 1. The number of aliphatic hydroxyl groups is 1. The van der Waals surface area contributed by atoms with Crippen LogP contribution in [0, 0.1) is 11.2 Å². The van der Waals surface area contributed by atoms with Gasteiger partial charge in [-0.2, -0.15) is 0 Å². The summed E-state index contributed by atoms with van der Waals surface area (Å²) in [7, 11) is 0. The van der Waals surface area contributed by atoms with Crippen LogP contribution in [0.5, 0.6) is 0 Å². The zero-order valence-corrected chi connectivity index (χ0v) is 13.3. The molecule has 5 heteroatoms. The van der Waals surface area contributed by atoms with Crippen LogP contribution in [-0.4, -0.2) is 41.7 Å². The Morgan fingerprint density at radius 1 is 1.45 bits per heavy atom. The van der Waals surface area contributed by atoms with E-state index in [0.29, 0.717) is 6.54 Å². The molecule has 0 radical (unpaired) electrons. The van der Waals surface area contributed by atoms with Crippen molar-refractivity contribution in [3.05, 3.63) is 35.6 Å². The van der Waals surface area contributed by atoms with Gasteiger partial charge >= 0.3 is 0 Å². The summed E-state index contributed by atoms with van der Waals surface area (Å²) in [5.74, 6) is -0.313. The first kappa shape index (κ1) is 16.9. The molecule has 122 valence electrons. The summed E-state index contributed by atoms with van der Waals surface area (Å²) in [5.41, 5.74) is 0.754. The maximum Gasteiger partial charge on any atom is 0.237 e. The molecule has 1 heterocycles. The van der Waals surface area contributed by atoms with Crippen LogP contribution in [0.4, 0.5) is 4.39 Å². The van der Waals surface area contributed by atoms with Gasteiger partial charge in [0.15, 0.2) is 0 Å². The van der Waals surface area contributed by atoms with E-state index in [-0.39, 0.29) is 29.8 Å². The molecule has 1 aromatic carbocycles. The Kier molecular flexibility index (Phi) is 5.53. The fraction of sp³-hybridized carbons (Fsp3) is 0.588. The van der Waals surface area contributed by atoms with Gasteiger partial charge in [-0.05, 0) is 44.0 Å². The topological polar surface area (TPSA) is 52.6 Å². The van der Waals surface area contributed by atoms with Crippen LogP contribution in [-0.2, 0) is 11.3 Å². The molecule has 2 N–H and O–H groups in total. The van der Waals surface area contributed by atoms with Gasteiger partial charge in [0.25, 0.3) is 0 Å². The third-order valence-electron chi connectivity index (χ3n) is 4.50. The van der Waals surface area contributed by atoms with E-state index in [9.17, 15) is 14.3 Å². The van der Waals surface area contributed by atoms with Crippen molar-refractivity contribution in [3.8, 4) is 0 Å². The quantitative estimate of drug-likeness (QED) is 0.874. The van der Waals surface area contributed by atoms with E-state index in [1.165, 1.54) is 12.1 Å². The standard InChI is InChI=1S/C17H25FN2O2/c1-13(20-9-3-8-17(2,11-20)12-21)16(22)19-10-14-4-6-15(18)7-5-14/h4-7,13,21H,3,8-12H2,1-2H3,(H,19,22). The van der Waals surface area contributed by atoms with Crippen molar-refractivity contribution in [2.75, 3.05) is 19.7 Å². The number of nitrogens with one attached hydrogen (secondary N) is 1. The Balaban J connectivity index is 1.87. The Morgan fingerprint density at radius 2 is 2.14 bits per heavy atom. The summed E-state index contributed by atoms with van der Waals surface area (Å²) in [6.45, 7) is 6.10. The van der Waals surface area contributed by atoms with Crippen molar-refractivity contribution in [2.24, 2.45) is 5.41 Å². The smallest absolute Gasteiger partial charge is 0.237 e. The molecule has 1 aliphatic rings. The molecule has 2 atom stereocenters. The van der Waals surface area contributed by atoms with Crippen LogP contribution < -0.4 is 5.32 Å². The number of nitrogens with zero attached hydrogens (tertiary/aromatic N) is 1. The molecular formula is C17H25FN2O2. The normalized spacial score (nSPS) is 24.0. The molecule has 0 aliphatic carbocycles. The first-order valence-corrected chi connectivity index (χ1v) is 7.81. The molecule has 1 amide bonds. The molecule has 4 nitrogen and oxygen atoms in total. The molecule has 0 saturated carbocycles. The van der Waals surface area contributed by atoms with Gasteiger partial charge in [0, 0.05) is 25.1 Å². The number of carbonyl (C=O) groups excluding carboxylic acids is 1. The number of likely N-dealkylation sites (tertiary alicyclic amines) is 1. The molecule has 2 rings (SSSR count). The summed E-state index contributed by atoms with van der Waals surface area (Å²) < 4.78 is 12.8. The van der Waals surface area contributed by atoms with Gasteiger partial charge in [0.05, 0.1) is 6.04 Å². The second-order valence-electron chi connectivity index (χ2n) is 6.56. The highest BCUT2D eigenvalue weighted by Crippen LogP contribution is 2.29. The molecule has 22 heavy (non-hydrogen) atoms. The van der Waals surface area contributed by atoms with Crippen molar-refractivity contribution in [1.82, 2.24) is 10.2 Å². The van der Waals surface area contributed by atoms with E-state index in [1.54, 1.807) is 12.1 Å². The highest BCUT2D eigenvalue weighted by Gasteiger charge is 2.34. The lowest BCUT2D eigenvalue weighted by molar-refractivity contribution is -0.127. The lowest BCUT2D eigenvalue weighted by Crippen LogP contribution is -2.52. The van der Waals surface area contributed by atoms with Gasteiger partial charge in [-0.1, -0.05) is 19.1 Å². The number of hydrogen-bond donors (Lipinski definition) is 2. The summed E-state index contributed by atoms with van der Waals surface area (Å²) in [6.07, 6.45) is 1.98. The third-order valence-corrected chi connectivity index (χ3v) is 4.50. The van der Waals surface area contributed by atoms with Gasteiger partial charge in [-0.3, -0.25) is 9.69 Å². The molecule has 0 bridgehead atoms. The van der Waals surface area contributed by atoms with Gasteiger partial charge in [-0.25, -0.2) is 4.39 Å². The fourth-order valence-corrected chi connectivity index (χ4v) is 2.92. The van der Waals surface area contributed by atoms with E-state index >= 15 is 0 Å². The highest BCUT2D eigenvalue weighted by atomic mass is 19.1. The first-order valence-electron chi connectivity index (χ1n) is 7.81. The van der Waals surface area contributed by atoms with Gasteiger partial charge in [0.1, 0.15) is 5.82 Å². The predicted molar refractivity (Wildman–Crippen MR) is 83.7 cm³/mol. The van der Waals surface area contributed by atoms with E-state index in [2.05, 4.69) is 17.1 Å². The molecule has 1 saturated heterocycles. The number of benzene rings is 1. The van der Waals surface area contributed by atoms with Crippen molar-refractivity contribution >= 4 is 5.91 Å². The number of piperidine rings is 1. The summed E-state index contributed by atoms with van der Waals surface area (Å²) in [6, 6.07) is 5.89. The lowest BCUT2D eigenvalue weighted by Gasteiger charge is -2.41. The van der Waals surface area contributed by atoms with Crippen molar-refractivity contribution in [3.63, 3.8) is 0 Å². The molecular weight excluding hydrogens is 283 g/mol. The SMILES string of the molecule is CC(C(=O)NCc1ccc(F)cc1)N1CCCC(C)(CO)C1. The predicted octanol–water partition coefficient (Wildman–Crippen LogP) is 1.92. The molecule has 0 aromatic heterocycles. The Labute approximate surface area is 131 Å². The Hall–Kier alpha value is -1.46. The second kappa shape index (κ2) is 7.20. The molecule has 1 aromatic rings. The van der Waals surface area contributed by atoms with Crippen LogP contribution >= 0.6 is 0 Å². The summed E-state index contributed by atoms with van der Waals surface area (Å²) >= 11 is 0. The van der Waals surface area contributed by atoms with Crippen LogP contribution in [0.25, 0.3) is 0 Å². The molecule has 1 fully saturated rings. The second-order valence-corrected chi connectivity index (χ2v) is 6.56. The number of hydrogen-bond acceptors (Lipinski definition) is 3. The highest BCUT2D eigenvalue weighted by molar-refractivity contribution is 5.81. The lowest BCUT2D eigenvalue weighted by atomic mass is 9.82. The molecule has 1 aliphatic heterocycles. The maximum absolute atomic E-state index is 12.8. The minimum absolute atomic E-state index is 0.0356. The van der Waals surface area contributed by atoms with E-state index in [0.717, 1.165) is 31.5 Å². The van der Waals surface area contributed by atoms with Crippen LogP contribution in [0.1, 0.15) is 32.3 Å². The van der Waals surface area contributed by atoms with Crippen molar-refractivity contribution in [2.45, 2.75) is 39.3 Å². The van der Waals surface area contributed by atoms with E-state index in [1.807, 2.05) is 6.92 Å². The Morgan fingerprint density at radius 3 is 2.77 bits per heavy atom.